The molecule has 1 aromatic heterocycles. The number of hydrogen-bond acceptors (Lipinski definition) is 6. The Labute approximate surface area is 170 Å². The minimum Gasteiger partial charge on any atom is -0.450 e. The highest BCUT2D eigenvalue weighted by molar-refractivity contribution is 6.03. The second-order valence-electron chi connectivity index (χ2n) is 7.11. The van der Waals surface area contributed by atoms with Crippen LogP contribution in [-0.2, 0) is 4.74 Å². The maximum Gasteiger partial charge on any atom is 0.409 e. The molecule has 1 aliphatic rings. The highest BCUT2D eigenvalue weighted by atomic mass is 16.6. The summed E-state index contributed by atoms with van der Waals surface area (Å²) in [7, 11) is 0. The summed E-state index contributed by atoms with van der Waals surface area (Å²) in [5.74, 6) is 0.326. The van der Waals surface area contributed by atoms with Gasteiger partial charge in [0, 0.05) is 24.8 Å². The first-order chi connectivity index (χ1) is 14.0. The number of carbonyl (C=O) groups is 2. The molecule has 2 heterocycles. The number of aryl methyl sites for hydroxylation is 2. The summed E-state index contributed by atoms with van der Waals surface area (Å²) in [6.07, 6.45) is 4.38. The Bertz CT molecular complexity index is 841. The van der Waals surface area contributed by atoms with Gasteiger partial charge < -0.3 is 20.3 Å². The van der Waals surface area contributed by atoms with Crippen LogP contribution in [0.1, 0.15) is 41.4 Å². The fourth-order valence-corrected chi connectivity index (χ4v) is 3.34. The maximum absolute atomic E-state index is 12.5. The number of piperidine rings is 1. The number of likely N-dealkylation sites (tertiary alicyclic amines) is 1. The van der Waals surface area contributed by atoms with Crippen LogP contribution in [0.4, 0.5) is 16.3 Å². The Balaban J connectivity index is 1.54. The number of hydrogen-bond donors (Lipinski definition) is 2. The van der Waals surface area contributed by atoms with Gasteiger partial charge in [-0.3, -0.25) is 4.79 Å². The van der Waals surface area contributed by atoms with Gasteiger partial charge >= 0.3 is 6.09 Å². The number of rotatable bonds is 5. The van der Waals surface area contributed by atoms with Crippen molar-refractivity contribution in [3.05, 3.63) is 47.4 Å². The summed E-state index contributed by atoms with van der Waals surface area (Å²) in [6, 6.07) is 6.06. The van der Waals surface area contributed by atoms with Crippen molar-refractivity contribution in [1.29, 1.82) is 0 Å². The molecule has 0 saturated carbocycles. The molecule has 0 spiro atoms. The Morgan fingerprint density at radius 3 is 2.41 bits per heavy atom. The van der Waals surface area contributed by atoms with E-state index in [2.05, 4.69) is 20.6 Å². The van der Waals surface area contributed by atoms with Gasteiger partial charge in [-0.15, -0.1) is 0 Å². The van der Waals surface area contributed by atoms with Crippen molar-refractivity contribution in [2.45, 2.75) is 39.7 Å². The molecule has 0 radical (unpaired) electrons. The fourth-order valence-electron chi connectivity index (χ4n) is 3.34. The minimum atomic E-state index is -0.288. The van der Waals surface area contributed by atoms with Gasteiger partial charge in [-0.1, -0.05) is 18.2 Å². The van der Waals surface area contributed by atoms with Gasteiger partial charge in [0.05, 0.1) is 19.0 Å². The Kier molecular flexibility index (Phi) is 6.64. The van der Waals surface area contributed by atoms with E-state index in [4.69, 9.17) is 4.74 Å². The average molecular weight is 397 g/mol. The Hall–Kier alpha value is -3.16. The van der Waals surface area contributed by atoms with Crippen molar-refractivity contribution in [2.75, 3.05) is 30.3 Å². The van der Waals surface area contributed by atoms with Crippen LogP contribution in [-0.4, -0.2) is 52.6 Å². The maximum atomic E-state index is 12.5. The predicted molar refractivity (Wildman–Crippen MR) is 111 cm³/mol. The number of amides is 2. The molecular formula is C21H27N5O3. The SMILES string of the molecule is CCOC(=O)N1CCC(Nc2cnc(C(=O)Nc3c(C)cccc3C)cn2)CC1. The number of nitrogens with one attached hydrogen (secondary N) is 2. The van der Waals surface area contributed by atoms with Gasteiger partial charge in [0.25, 0.3) is 5.91 Å². The third kappa shape index (κ3) is 5.22. The molecule has 0 unspecified atom stereocenters. The van der Waals surface area contributed by atoms with E-state index in [9.17, 15) is 9.59 Å². The molecule has 0 aliphatic carbocycles. The highest BCUT2D eigenvalue weighted by Crippen LogP contribution is 2.20. The third-order valence-corrected chi connectivity index (χ3v) is 4.98. The summed E-state index contributed by atoms with van der Waals surface area (Å²) in [4.78, 5) is 34.5. The number of aromatic nitrogens is 2. The molecule has 2 aromatic rings. The highest BCUT2D eigenvalue weighted by Gasteiger charge is 2.23. The van der Waals surface area contributed by atoms with Crippen LogP contribution < -0.4 is 10.6 Å². The smallest absolute Gasteiger partial charge is 0.409 e. The zero-order chi connectivity index (χ0) is 20.8. The van der Waals surface area contributed by atoms with Crippen molar-refractivity contribution in [3.63, 3.8) is 0 Å². The van der Waals surface area contributed by atoms with E-state index >= 15 is 0 Å². The monoisotopic (exact) mass is 397 g/mol. The van der Waals surface area contributed by atoms with Gasteiger partial charge in [0.1, 0.15) is 11.5 Å². The number of para-hydroxylation sites is 1. The zero-order valence-corrected chi connectivity index (χ0v) is 17.1. The standard InChI is InChI=1S/C21H27N5O3/c1-4-29-21(28)26-10-8-16(9-11-26)24-18-13-22-17(12-23-18)20(27)25-19-14(2)6-5-7-15(19)3/h5-7,12-13,16H,4,8-11H2,1-3H3,(H,23,24)(H,25,27). The van der Waals surface area contributed by atoms with Crippen molar-refractivity contribution in [2.24, 2.45) is 0 Å². The molecule has 1 fully saturated rings. The summed E-state index contributed by atoms with van der Waals surface area (Å²) in [5, 5.41) is 6.23. The molecule has 3 rings (SSSR count). The molecule has 2 N–H and O–H groups in total. The minimum absolute atomic E-state index is 0.198. The van der Waals surface area contributed by atoms with Crippen molar-refractivity contribution >= 4 is 23.5 Å². The molecule has 1 saturated heterocycles. The molecule has 1 aromatic carbocycles. The quantitative estimate of drug-likeness (QED) is 0.803. The summed E-state index contributed by atoms with van der Waals surface area (Å²) < 4.78 is 5.03. The average Bonchev–Trinajstić information content (AvgIpc) is 2.72. The van der Waals surface area contributed by atoms with Gasteiger partial charge in [0.15, 0.2) is 0 Å². The number of nitrogens with zero attached hydrogens (tertiary/aromatic N) is 3. The van der Waals surface area contributed by atoms with E-state index in [1.807, 2.05) is 32.0 Å². The molecule has 29 heavy (non-hydrogen) atoms. The number of ether oxygens (including phenoxy) is 1. The van der Waals surface area contributed by atoms with Crippen LogP contribution in [0.2, 0.25) is 0 Å². The second kappa shape index (κ2) is 9.36. The lowest BCUT2D eigenvalue weighted by Gasteiger charge is -2.31. The molecule has 0 bridgehead atoms. The van der Waals surface area contributed by atoms with Crippen LogP contribution >= 0.6 is 0 Å². The van der Waals surface area contributed by atoms with Crippen molar-refractivity contribution < 1.29 is 14.3 Å². The molecule has 154 valence electrons. The number of benzene rings is 1. The Morgan fingerprint density at radius 1 is 1.14 bits per heavy atom. The molecule has 8 nitrogen and oxygen atoms in total. The van der Waals surface area contributed by atoms with Gasteiger partial charge in [-0.05, 0) is 44.7 Å². The van der Waals surface area contributed by atoms with Gasteiger partial charge in [0.2, 0.25) is 0 Å². The predicted octanol–water partition coefficient (Wildman–Crippen LogP) is 3.38. The van der Waals surface area contributed by atoms with E-state index < -0.39 is 0 Å². The van der Waals surface area contributed by atoms with E-state index in [0.717, 1.165) is 29.7 Å². The molecule has 8 heteroatoms. The van der Waals surface area contributed by atoms with E-state index in [0.29, 0.717) is 25.5 Å². The fraction of sp³-hybridized carbons (Fsp3) is 0.429. The molecule has 0 atom stereocenters. The summed E-state index contributed by atoms with van der Waals surface area (Å²) in [5.41, 5.74) is 3.06. The summed E-state index contributed by atoms with van der Waals surface area (Å²) in [6.45, 7) is 7.37. The van der Waals surface area contributed by atoms with Crippen LogP contribution in [0.5, 0.6) is 0 Å². The second-order valence-corrected chi connectivity index (χ2v) is 7.11. The zero-order valence-electron chi connectivity index (χ0n) is 17.1. The van der Waals surface area contributed by atoms with Crippen molar-refractivity contribution in [3.8, 4) is 0 Å². The van der Waals surface area contributed by atoms with Crippen LogP contribution in [0.25, 0.3) is 0 Å². The topological polar surface area (TPSA) is 96.5 Å². The van der Waals surface area contributed by atoms with Crippen LogP contribution in [0, 0.1) is 13.8 Å². The summed E-state index contributed by atoms with van der Waals surface area (Å²) >= 11 is 0. The van der Waals surface area contributed by atoms with Gasteiger partial charge in [-0.2, -0.15) is 0 Å². The molecule has 1 aliphatic heterocycles. The van der Waals surface area contributed by atoms with Crippen molar-refractivity contribution in [1.82, 2.24) is 14.9 Å². The Morgan fingerprint density at radius 2 is 1.83 bits per heavy atom. The van der Waals surface area contributed by atoms with E-state index in [1.165, 1.54) is 6.20 Å². The first-order valence-electron chi connectivity index (χ1n) is 9.85. The lowest BCUT2D eigenvalue weighted by Crippen LogP contribution is -2.42. The molecular weight excluding hydrogens is 370 g/mol. The lowest BCUT2D eigenvalue weighted by molar-refractivity contribution is 0.0982. The first kappa shape index (κ1) is 20.6. The van der Waals surface area contributed by atoms with Crippen LogP contribution in [0.15, 0.2) is 30.6 Å². The first-order valence-corrected chi connectivity index (χ1v) is 9.85. The number of carbonyl (C=O) groups excluding carboxylic acids is 2. The normalized spacial score (nSPS) is 14.4. The largest absolute Gasteiger partial charge is 0.450 e. The van der Waals surface area contributed by atoms with E-state index in [1.54, 1.807) is 18.0 Å². The van der Waals surface area contributed by atoms with Gasteiger partial charge in [-0.25, -0.2) is 14.8 Å². The molecule has 2 amide bonds. The third-order valence-electron chi connectivity index (χ3n) is 4.98. The lowest BCUT2D eigenvalue weighted by atomic mass is 10.1. The van der Waals surface area contributed by atoms with Crippen LogP contribution in [0.3, 0.4) is 0 Å². The number of anilines is 2. The van der Waals surface area contributed by atoms with E-state index in [-0.39, 0.29) is 23.7 Å².